The number of rotatable bonds is 4. The molecule has 0 amide bonds. The van der Waals surface area contributed by atoms with Crippen LogP contribution in [0.15, 0.2) is 40.1 Å². The van der Waals surface area contributed by atoms with Crippen LogP contribution < -0.4 is 0 Å². The van der Waals surface area contributed by atoms with Crippen molar-refractivity contribution in [2.75, 3.05) is 5.75 Å². The van der Waals surface area contributed by atoms with Gasteiger partial charge in [0.25, 0.3) is 0 Å². The van der Waals surface area contributed by atoms with Crippen LogP contribution >= 0.6 is 23.1 Å². The fraction of sp³-hybridized carbons (Fsp3) is 0.167. The second kappa shape index (κ2) is 5.27. The van der Waals surface area contributed by atoms with E-state index in [2.05, 4.69) is 4.98 Å². The van der Waals surface area contributed by atoms with Gasteiger partial charge in [-0.25, -0.2) is 4.98 Å². The summed E-state index contributed by atoms with van der Waals surface area (Å²) in [4.78, 5) is 15.3. The molecule has 0 saturated heterocycles. The Balaban J connectivity index is 2.11. The Morgan fingerprint density at radius 3 is 2.81 bits per heavy atom. The van der Waals surface area contributed by atoms with Crippen LogP contribution in [0, 0.1) is 0 Å². The van der Waals surface area contributed by atoms with Crippen LogP contribution in [-0.2, 0) is 4.79 Å². The smallest absolute Gasteiger partial charge is 0.150 e. The number of benzene rings is 1. The van der Waals surface area contributed by atoms with Crippen molar-refractivity contribution in [2.45, 2.75) is 11.3 Å². The summed E-state index contributed by atoms with van der Waals surface area (Å²) in [5, 5.41) is 2.03. The maximum absolute atomic E-state index is 10.8. The first-order chi connectivity index (χ1) is 7.75. The molecule has 82 valence electrons. The number of hydrogen-bond donors (Lipinski definition) is 0. The van der Waals surface area contributed by atoms with Crippen LogP contribution in [-0.4, -0.2) is 16.5 Å². The highest BCUT2D eigenvalue weighted by Gasteiger charge is 2.05. The van der Waals surface area contributed by atoms with Crippen molar-refractivity contribution in [1.29, 1.82) is 0 Å². The van der Waals surface area contributed by atoms with Gasteiger partial charge in [0.15, 0.2) is 4.34 Å². The van der Waals surface area contributed by atoms with E-state index >= 15 is 0 Å². The monoisotopic (exact) mass is 249 g/mol. The summed E-state index contributed by atoms with van der Waals surface area (Å²) in [6.07, 6.45) is 0. The molecule has 0 bridgehead atoms. The first-order valence-corrected chi connectivity index (χ1v) is 6.75. The van der Waals surface area contributed by atoms with Crippen molar-refractivity contribution < 1.29 is 4.79 Å². The van der Waals surface area contributed by atoms with Gasteiger partial charge in [0, 0.05) is 10.9 Å². The van der Waals surface area contributed by atoms with Gasteiger partial charge >= 0.3 is 0 Å². The van der Waals surface area contributed by atoms with Crippen LogP contribution in [0.3, 0.4) is 0 Å². The van der Waals surface area contributed by atoms with Crippen LogP contribution in [0.2, 0.25) is 0 Å². The molecule has 2 nitrogen and oxygen atoms in total. The predicted molar refractivity (Wildman–Crippen MR) is 69.0 cm³/mol. The molecule has 2 aromatic rings. The molecule has 0 aliphatic rings. The lowest BCUT2D eigenvalue weighted by atomic mass is 10.2. The molecule has 2 rings (SSSR count). The molecule has 1 heterocycles. The fourth-order valence-electron chi connectivity index (χ4n) is 1.23. The lowest BCUT2D eigenvalue weighted by Gasteiger charge is -1.94. The Bertz CT molecular complexity index is 479. The quantitative estimate of drug-likeness (QED) is 0.777. The van der Waals surface area contributed by atoms with Crippen molar-refractivity contribution in [3.05, 3.63) is 35.7 Å². The zero-order valence-corrected chi connectivity index (χ0v) is 10.5. The number of carbonyl (C=O) groups is 1. The Labute approximate surface area is 103 Å². The summed E-state index contributed by atoms with van der Waals surface area (Å²) in [5.41, 5.74) is 2.10. The van der Waals surface area contributed by atoms with Crippen molar-refractivity contribution in [1.82, 2.24) is 4.98 Å². The van der Waals surface area contributed by atoms with E-state index in [9.17, 15) is 4.79 Å². The average Bonchev–Trinajstić information content (AvgIpc) is 2.76. The lowest BCUT2D eigenvalue weighted by Crippen LogP contribution is -1.92. The van der Waals surface area contributed by atoms with Crippen LogP contribution in [0.4, 0.5) is 0 Å². The third kappa shape index (κ3) is 2.93. The second-order valence-corrected chi connectivity index (χ2v) is 5.44. The third-order valence-corrected chi connectivity index (χ3v) is 4.12. The van der Waals surface area contributed by atoms with Gasteiger partial charge in [0.05, 0.1) is 11.4 Å². The van der Waals surface area contributed by atoms with Crippen LogP contribution in [0.1, 0.15) is 6.92 Å². The number of Topliss-reactive ketones (excluding diaryl/α,β-unsaturated/α-hetero) is 1. The van der Waals surface area contributed by atoms with Gasteiger partial charge in [-0.05, 0) is 6.92 Å². The molecule has 1 aromatic heterocycles. The minimum Gasteiger partial charge on any atom is -0.299 e. The summed E-state index contributed by atoms with van der Waals surface area (Å²) in [6.45, 7) is 1.60. The number of nitrogens with zero attached hydrogens (tertiary/aromatic N) is 1. The lowest BCUT2D eigenvalue weighted by molar-refractivity contribution is -0.114. The van der Waals surface area contributed by atoms with Crippen molar-refractivity contribution in [3.8, 4) is 11.3 Å². The second-order valence-electron chi connectivity index (χ2n) is 3.36. The van der Waals surface area contributed by atoms with Crippen molar-refractivity contribution >= 4 is 28.9 Å². The summed E-state index contributed by atoms with van der Waals surface area (Å²) in [7, 11) is 0. The molecule has 0 N–H and O–H groups in total. The van der Waals surface area contributed by atoms with Gasteiger partial charge in [-0.3, -0.25) is 4.79 Å². The van der Waals surface area contributed by atoms with E-state index in [0.717, 1.165) is 15.6 Å². The Kier molecular flexibility index (Phi) is 3.74. The molecule has 16 heavy (non-hydrogen) atoms. The largest absolute Gasteiger partial charge is 0.299 e. The van der Waals surface area contributed by atoms with Gasteiger partial charge in [-0.15, -0.1) is 11.3 Å². The van der Waals surface area contributed by atoms with Gasteiger partial charge in [-0.1, -0.05) is 42.1 Å². The Morgan fingerprint density at radius 1 is 1.38 bits per heavy atom. The Morgan fingerprint density at radius 2 is 2.12 bits per heavy atom. The molecular weight excluding hydrogens is 238 g/mol. The van der Waals surface area contributed by atoms with Crippen molar-refractivity contribution in [2.24, 2.45) is 0 Å². The van der Waals surface area contributed by atoms with E-state index < -0.39 is 0 Å². The predicted octanol–water partition coefficient (Wildman–Crippen LogP) is 3.49. The maximum atomic E-state index is 10.8. The summed E-state index contributed by atoms with van der Waals surface area (Å²) < 4.78 is 0.953. The summed E-state index contributed by atoms with van der Waals surface area (Å²) >= 11 is 3.09. The summed E-state index contributed by atoms with van der Waals surface area (Å²) in [5.74, 6) is 0.684. The number of aromatic nitrogens is 1. The number of carbonyl (C=O) groups excluding carboxylic acids is 1. The van der Waals surface area contributed by atoms with Gasteiger partial charge in [0.2, 0.25) is 0 Å². The number of ketones is 1. The number of hydrogen-bond acceptors (Lipinski definition) is 4. The molecule has 4 heteroatoms. The van der Waals surface area contributed by atoms with E-state index in [0.29, 0.717) is 5.75 Å². The molecule has 0 saturated carbocycles. The summed E-state index contributed by atoms with van der Waals surface area (Å²) in [6, 6.07) is 10.1. The van der Waals surface area contributed by atoms with E-state index in [4.69, 9.17) is 0 Å². The molecule has 0 atom stereocenters. The molecule has 0 spiro atoms. The normalized spacial score (nSPS) is 10.3. The highest BCUT2D eigenvalue weighted by atomic mass is 32.2. The fourth-order valence-corrected chi connectivity index (χ4v) is 2.86. The highest BCUT2D eigenvalue weighted by molar-refractivity contribution is 8.01. The SMILES string of the molecule is CC(=O)CSc1nc(-c2ccccc2)cs1. The Hall–Kier alpha value is -1.13. The van der Waals surface area contributed by atoms with Crippen LogP contribution in [0.25, 0.3) is 11.3 Å². The molecule has 0 fully saturated rings. The average molecular weight is 249 g/mol. The van der Waals surface area contributed by atoms with Gasteiger partial charge in [0.1, 0.15) is 5.78 Å². The number of thioether (sulfide) groups is 1. The van der Waals surface area contributed by atoms with Crippen molar-refractivity contribution in [3.63, 3.8) is 0 Å². The minimum atomic E-state index is 0.182. The minimum absolute atomic E-state index is 0.182. The zero-order valence-electron chi connectivity index (χ0n) is 8.84. The van der Waals surface area contributed by atoms with E-state index in [-0.39, 0.29) is 5.78 Å². The van der Waals surface area contributed by atoms with Crippen LogP contribution in [0.5, 0.6) is 0 Å². The first kappa shape index (κ1) is 11.4. The van der Waals surface area contributed by atoms with Gasteiger partial charge in [-0.2, -0.15) is 0 Å². The molecule has 0 aliphatic heterocycles. The number of thiazole rings is 1. The molecule has 1 aromatic carbocycles. The van der Waals surface area contributed by atoms with E-state index in [1.807, 2.05) is 35.7 Å². The first-order valence-electron chi connectivity index (χ1n) is 4.89. The van der Waals surface area contributed by atoms with E-state index in [1.54, 1.807) is 18.3 Å². The third-order valence-electron chi connectivity index (χ3n) is 1.95. The topological polar surface area (TPSA) is 30.0 Å². The maximum Gasteiger partial charge on any atom is 0.150 e. The molecule has 0 unspecified atom stereocenters. The standard InChI is InChI=1S/C12H11NOS2/c1-9(14)7-15-12-13-11(8-16-12)10-5-3-2-4-6-10/h2-6,8H,7H2,1H3. The molecular formula is C12H11NOS2. The highest BCUT2D eigenvalue weighted by Crippen LogP contribution is 2.27. The van der Waals surface area contributed by atoms with Gasteiger partial charge < -0.3 is 0 Å². The zero-order chi connectivity index (χ0) is 11.4. The molecule has 0 aliphatic carbocycles. The molecule has 0 radical (unpaired) electrons. The van der Waals surface area contributed by atoms with E-state index in [1.165, 1.54) is 11.8 Å².